The van der Waals surface area contributed by atoms with E-state index >= 15 is 0 Å². The Morgan fingerprint density at radius 2 is 1.77 bits per heavy atom. The Kier molecular flexibility index (Phi) is 6.67. The number of benzene rings is 1. The number of carbonyl (C=O) groups excluding carboxylic acids is 2. The topological polar surface area (TPSA) is 58.2 Å². The zero-order valence-corrected chi connectivity index (χ0v) is 15.0. The first-order valence-corrected chi connectivity index (χ1v) is 8.99. The second-order valence-corrected chi connectivity index (χ2v) is 6.79. The third-order valence-corrected chi connectivity index (χ3v) is 4.90. The Hall–Kier alpha value is -2.05. The lowest BCUT2D eigenvalue weighted by molar-refractivity contribution is -0.198. The number of nitrogens with one attached hydrogen (secondary N) is 2. The van der Waals surface area contributed by atoms with Gasteiger partial charge in [0.2, 0.25) is 11.8 Å². The molecule has 0 spiro atoms. The molecule has 0 aliphatic heterocycles. The zero-order chi connectivity index (χ0) is 19.3. The summed E-state index contributed by atoms with van der Waals surface area (Å²) in [5, 5.41) is 5.43. The predicted octanol–water partition coefficient (Wildman–Crippen LogP) is 4.58. The minimum absolute atomic E-state index is 0.0157. The Morgan fingerprint density at radius 3 is 2.35 bits per heavy atom. The number of rotatable bonds is 5. The fraction of sp³-hybridized carbons (Fsp3) is 0.579. The molecule has 0 bridgehead atoms. The third-order valence-electron chi connectivity index (χ3n) is 4.90. The van der Waals surface area contributed by atoms with Gasteiger partial charge < -0.3 is 10.6 Å². The monoisotopic (exact) mass is 370 g/mol. The summed E-state index contributed by atoms with van der Waals surface area (Å²) in [7, 11) is 0. The molecule has 3 atom stereocenters. The number of alkyl halides is 3. The van der Waals surface area contributed by atoms with Crippen LogP contribution in [0.1, 0.15) is 57.6 Å². The van der Waals surface area contributed by atoms with Crippen molar-refractivity contribution in [3.05, 3.63) is 29.8 Å². The van der Waals surface area contributed by atoms with E-state index in [4.69, 9.17) is 0 Å². The predicted molar refractivity (Wildman–Crippen MR) is 93.4 cm³/mol. The van der Waals surface area contributed by atoms with E-state index in [1.54, 1.807) is 38.1 Å². The lowest BCUT2D eigenvalue weighted by atomic mass is 9.78. The molecule has 26 heavy (non-hydrogen) atoms. The standard InChI is InChI=1S/C19H25F3N2O2/c1-3-17(25)24-14-10-8-13(9-11-14)12(2)23-18(26)15-6-4-5-7-16(15)19(20,21)22/h8-12,15-16H,3-7H2,1-2H3,(H,23,26)(H,24,25)/t12-,15-,16+/m1/s1. The first-order chi connectivity index (χ1) is 12.2. The number of halogens is 3. The maximum Gasteiger partial charge on any atom is 0.392 e. The molecule has 144 valence electrons. The quantitative estimate of drug-likeness (QED) is 0.797. The van der Waals surface area contributed by atoms with E-state index in [2.05, 4.69) is 10.6 Å². The van der Waals surface area contributed by atoms with Gasteiger partial charge in [-0.3, -0.25) is 9.59 Å². The fourth-order valence-corrected chi connectivity index (χ4v) is 3.34. The number of carbonyl (C=O) groups is 2. The normalized spacial score (nSPS) is 21.7. The molecule has 1 fully saturated rings. The van der Waals surface area contributed by atoms with Gasteiger partial charge in [0.1, 0.15) is 0 Å². The van der Waals surface area contributed by atoms with Crippen molar-refractivity contribution in [1.29, 1.82) is 0 Å². The lowest BCUT2D eigenvalue weighted by Crippen LogP contribution is -2.43. The summed E-state index contributed by atoms with van der Waals surface area (Å²) in [5.41, 5.74) is 1.41. The highest BCUT2D eigenvalue weighted by molar-refractivity contribution is 5.90. The summed E-state index contributed by atoms with van der Waals surface area (Å²) < 4.78 is 39.5. The fourth-order valence-electron chi connectivity index (χ4n) is 3.34. The molecule has 2 N–H and O–H groups in total. The van der Waals surface area contributed by atoms with Gasteiger partial charge in [0, 0.05) is 18.0 Å². The van der Waals surface area contributed by atoms with Crippen molar-refractivity contribution in [3.8, 4) is 0 Å². The van der Waals surface area contributed by atoms with Crippen LogP contribution < -0.4 is 10.6 Å². The van der Waals surface area contributed by atoms with Crippen molar-refractivity contribution in [2.45, 2.75) is 58.2 Å². The van der Waals surface area contributed by atoms with Crippen LogP contribution in [-0.4, -0.2) is 18.0 Å². The van der Waals surface area contributed by atoms with Crippen LogP contribution in [0.4, 0.5) is 18.9 Å². The van der Waals surface area contributed by atoms with E-state index in [9.17, 15) is 22.8 Å². The van der Waals surface area contributed by atoms with Gasteiger partial charge in [0.15, 0.2) is 0 Å². The molecule has 1 aromatic rings. The maximum atomic E-state index is 13.2. The lowest BCUT2D eigenvalue weighted by Gasteiger charge is -2.32. The molecule has 0 unspecified atom stereocenters. The molecule has 2 rings (SSSR count). The molecule has 1 aliphatic rings. The van der Waals surface area contributed by atoms with E-state index < -0.39 is 30.0 Å². The van der Waals surface area contributed by atoms with Gasteiger partial charge in [0.25, 0.3) is 0 Å². The summed E-state index contributed by atoms with van der Waals surface area (Å²) in [5.74, 6) is -3.22. The van der Waals surface area contributed by atoms with Crippen molar-refractivity contribution in [1.82, 2.24) is 5.32 Å². The van der Waals surface area contributed by atoms with Gasteiger partial charge in [-0.15, -0.1) is 0 Å². The van der Waals surface area contributed by atoms with Gasteiger partial charge in [-0.1, -0.05) is 31.9 Å². The molecule has 4 nitrogen and oxygen atoms in total. The Morgan fingerprint density at radius 1 is 1.15 bits per heavy atom. The summed E-state index contributed by atoms with van der Waals surface area (Å²) in [6, 6.07) is 6.51. The molecular formula is C19H25F3N2O2. The van der Waals surface area contributed by atoms with Crippen LogP contribution in [0.2, 0.25) is 0 Å². The summed E-state index contributed by atoms with van der Waals surface area (Å²) >= 11 is 0. The molecule has 1 saturated carbocycles. The van der Waals surface area contributed by atoms with Gasteiger partial charge in [-0.05, 0) is 37.5 Å². The molecule has 1 aromatic carbocycles. The average molecular weight is 370 g/mol. The van der Waals surface area contributed by atoms with Crippen LogP contribution in [0.15, 0.2) is 24.3 Å². The number of anilines is 1. The van der Waals surface area contributed by atoms with Crippen LogP contribution >= 0.6 is 0 Å². The van der Waals surface area contributed by atoms with Crippen molar-refractivity contribution >= 4 is 17.5 Å². The molecule has 2 amide bonds. The summed E-state index contributed by atoms with van der Waals surface area (Å²) in [6.07, 6.45) is -2.54. The molecule has 0 aromatic heterocycles. The van der Waals surface area contributed by atoms with Crippen molar-refractivity contribution in [2.24, 2.45) is 11.8 Å². The molecule has 0 heterocycles. The number of hydrogen-bond donors (Lipinski definition) is 2. The Balaban J connectivity index is 2.00. The van der Waals surface area contributed by atoms with Crippen LogP contribution in [0, 0.1) is 11.8 Å². The van der Waals surface area contributed by atoms with E-state index in [0.29, 0.717) is 24.9 Å². The molecule has 7 heteroatoms. The number of amides is 2. The van der Waals surface area contributed by atoms with E-state index in [1.165, 1.54) is 0 Å². The van der Waals surface area contributed by atoms with Gasteiger partial charge in [0.05, 0.1) is 12.0 Å². The third kappa shape index (κ3) is 5.22. The minimum Gasteiger partial charge on any atom is -0.349 e. The van der Waals surface area contributed by atoms with Crippen molar-refractivity contribution in [3.63, 3.8) is 0 Å². The Bertz CT molecular complexity index is 629. The van der Waals surface area contributed by atoms with Gasteiger partial charge in [-0.25, -0.2) is 0 Å². The summed E-state index contributed by atoms with van der Waals surface area (Å²) in [4.78, 5) is 23.8. The van der Waals surface area contributed by atoms with Crippen LogP contribution in [0.3, 0.4) is 0 Å². The van der Waals surface area contributed by atoms with Crippen LogP contribution in [0.5, 0.6) is 0 Å². The van der Waals surface area contributed by atoms with E-state index in [1.807, 2.05) is 0 Å². The molecular weight excluding hydrogens is 345 g/mol. The number of hydrogen-bond acceptors (Lipinski definition) is 2. The first-order valence-electron chi connectivity index (χ1n) is 8.99. The minimum atomic E-state index is -4.34. The molecule has 0 radical (unpaired) electrons. The van der Waals surface area contributed by atoms with E-state index in [0.717, 1.165) is 5.56 Å². The van der Waals surface area contributed by atoms with Gasteiger partial charge in [-0.2, -0.15) is 13.2 Å². The first kappa shape index (κ1) is 20.3. The summed E-state index contributed by atoms with van der Waals surface area (Å²) in [6.45, 7) is 3.49. The van der Waals surface area contributed by atoms with Gasteiger partial charge >= 0.3 is 6.18 Å². The zero-order valence-electron chi connectivity index (χ0n) is 15.0. The maximum absolute atomic E-state index is 13.2. The SMILES string of the molecule is CCC(=O)Nc1ccc([C@@H](C)NC(=O)[C@@H]2CCCC[C@@H]2C(F)(F)F)cc1. The van der Waals surface area contributed by atoms with Crippen LogP contribution in [0.25, 0.3) is 0 Å². The highest BCUT2D eigenvalue weighted by Gasteiger charge is 2.48. The second kappa shape index (κ2) is 8.56. The average Bonchev–Trinajstić information content (AvgIpc) is 2.61. The largest absolute Gasteiger partial charge is 0.392 e. The Labute approximate surface area is 151 Å². The molecule has 0 saturated heterocycles. The highest BCUT2D eigenvalue weighted by Crippen LogP contribution is 2.41. The van der Waals surface area contributed by atoms with Crippen molar-refractivity contribution in [2.75, 3.05) is 5.32 Å². The molecule has 1 aliphatic carbocycles. The van der Waals surface area contributed by atoms with E-state index in [-0.39, 0.29) is 18.7 Å². The smallest absolute Gasteiger partial charge is 0.349 e. The van der Waals surface area contributed by atoms with Crippen LogP contribution in [-0.2, 0) is 9.59 Å². The highest BCUT2D eigenvalue weighted by atomic mass is 19.4. The second-order valence-electron chi connectivity index (χ2n) is 6.79. The van der Waals surface area contributed by atoms with Crippen molar-refractivity contribution < 1.29 is 22.8 Å².